The van der Waals surface area contributed by atoms with Crippen LogP contribution in [-0.4, -0.2) is 431 Å². The van der Waals surface area contributed by atoms with E-state index in [0.717, 1.165) is 12.0 Å². The van der Waals surface area contributed by atoms with Crippen molar-refractivity contribution in [2.24, 2.45) is 23.5 Å². The number of nitrogens with two attached hydrogens (primary N) is 1. The number of likely N-dealkylation sites (N-methyl/N-ethyl adjacent to an activating group) is 1. The summed E-state index contributed by atoms with van der Waals surface area (Å²) < 4.78 is 77.0. The van der Waals surface area contributed by atoms with E-state index < -0.39 is 320 Å². The molecule has 1 amide bonds. The smallest absolute Gasteiger partial charge is 0.364 e. The van der Waals surface area contributed by atoms with Crippen LogP contribution in [0.15, 0.2) is 0 Å². The molecule has 0 aromatic carbocycles. The molecule has 7 heterocycles. The van der Waals surface area contributed by atoms with E-state index in [2.05, 4.69) is 5.32 Å². The summed E-state index contributed by atoms with van der Waals surface area (Å²) in [6, 6.07) is -2.13. The third-order valence-electron chi connectivity index (χ3n) is 19.8. The van der Waals surface area contributed by atoms with Crippen molar-refractivity contribution >= 4 is 23.8 Å². The molecule has 27 N–H and O–H groups in total. The van der Waals surface area contributed by atoms with E-state index in [4.69, 9.17) is 72.2 Å². The zero-order valence-corrected chi connectivity index (χ0v) is 56.8. The first-order chi connectivity index (χ1) is 48.9. The molecule has 0 radical (unpaired) electrons. The number of ether oxygens (including phenoxy) is 13. The fourth-order valence-electron chi connectivity index (χ4n) is 13.6. The van der Waals surface area contributed by atoms with Gasteiger partial charge < -0.3 is 195 Å². The Balaban J connectivity index is 1.23. The summed E-state index contributed by atoms with van der Waals surface area (Å²) in [5.41, 5.74) is 5.53. The molecule has 45 nitrogen and oxygen atoms in total. The molecule has 7 aliphatic rings. The summed E-state index contributed by atoms with van der Waals surface area (Å²) in [6.45, 7) is -4.02. The predicted octanol–water partition coefficient (Wildman–Crippen LogP) is -14.9. The highest BCUT2D eigenvalue weighted by molar-refractivity contribution is 5.77. The number of hydrogen-bond acceptors (Lipinski definition) is 41. The van der Waals surface area contributed by atoms with Crippen molar-refractivity contribution in [2.45, 2.75) is 260 Å². The minimum absolute atomic E-state index is 0.0198. The molecular formula is C59H101N3O42. The SMILES string of the molecule is CC(=O)NC1[C@H](O[C@H]2C(CO)O[C@@H](O[C@@H]3C(CO)O[C@@H](N(C)OCCN)C(O)[C@H]3O)C(O)[C@H]2O[C@]2(C(=O)O)CC(O)[C@@H](C)[C@H]([C@H](O)[C@H](O)CO)O2)OC(CO)[C@H](O)[C@@H]1O[C@@H]1OC(CO)[C@H](O)[C@H](O[C@]2(C(=O)O)CC(O)[C@@H](C)[C@H]([C@H](O)[C@@H](CO)O[C@]3(C(=O)O)CC(O)[C@@H](C)[C@H]([C@H](O)[C@H](O)CO)O3)O2)C1O. The molecule has 7 saturated heterocycles. The van der Waals surface area contributed by atoms with Crippen molar-refractivity contribution < 1.29 is 208 Å². The van der Waals surface area contributed by atoms with Crippen molar-refractivity contribution in [1.82, 2.24) is 10.4 Å². The van der Waals surface area contributed by atoms with Crippen molar-refractivity contribution in [1.29, 1.82) is 0 Å². The van der Waals surface area contributed by atoms with Crippen LogP contribution < -0.4 is 11.1 Å². The minimum Gasteiger partial charge on any atom is -0.477 e. The van der Waals surface area contributed by atoms with Gasteiger partial charge in [-0.2, -0.15) is 5.06 Å². The lowest BCUT2D eigenvalue weighted by atomic mass is 9.83. The molecule has 7 rings (SSSR count). The molecule has 45 heteroatoms. The number of nitrogens with zero attached hydrogens (tertiary/aromatic N) is 1. The van der Waals surface area contributed by atoms with Crippen LogP contribution in [-0.2, 0) is 85.6 Å². The van der Waals surface area contributed by atoms with Gasteiger partial charge in [0.05, 0.1) is 89.5 Å². The van der Waals surface area contributed by atoms with E-state index in [-0.39, 0.29) is 13.2 Å². The van der Waals surface area contributed by atoms with E-state index >= 15 is 0 Å². The molecule has 7 aliphatic heterocycles. The number of hydroxylamine groups is 2. The highest BCUT2D eigenvalue weighted by Crippen LogP contribution is 2.45. The number of carboxylic acids is 3. The molecule has 0 spiro atoms. The lowest BCUT2D eigenvalue weighted by Gasteiger charge is -2.53. The second-order valence-corrected chi connectivity index (χ2v) is 26.9. The van der Waals surface area contributed by atoms with E-state index in [0.29, 0.717) is 0 Å². The Hall–Kier alpha value is -3.60. The Morgan fingerprint density at radius 2 is 0.885 bits per heavy atom. The molecular weight excluding hydrogens is 1420 g/mol. The van der Waals surface area contributed by atoms with Crippen LogP contribution in [0.2, 0.25) is 0 Å². The van der Waals surface area contributed by atoms with Gasteiger partial charge in [-0.15, -0.1) is 0 Å². The van der Waals surface area contributed by atoms with E-state index in [1.165, 1.54) is 27.8 Å². The lowest BCUT2D eigenvalue weighted by Crippen LogP contribution is -2.72. The molecule has 0 aromatic heterocycles. The number of nitrogens with one attached hydrogen (secondary N) is 1. The fraction of sp³-hybridized carbons (Fsp3) is 0.932. The first kappa shape index (κ1) is 87.6. The number of carboxylic acid groups (broad SMARTS) is 3. The van der Waals surface area contributed by atoms with Gasteiger partial charge in [-0.05, 0) is 0 Å². The standard InChI is InChI=1S/C59H101N3O42/c1-18-22(71)8-57(54(85)86,100-42(18)33(76)25(74)11-63)99-29(15-67)37(80)44-20(3)24(73)9-58(102-44,55(87)88)103-48-36(79)28(14-66)94-52(40(48)83)98-47-32(61-21(4)70)51(93-27(13-65)35(47)78)97-46-31(17-69)95-53(96-45-30(16-68)92-50(39(82)38(45)81)62(5)91-7-6-60)41(84)49(46)104-59(56(89)90)10-23(72)19(2)43(101-59)34(77)26(75)12-64/h18-20,22-53,63-69,71-84H,6-17,60H2,1-5H3,(H,61,70)(H,85,86)(H,87,88)(H,89,90)/t18-,19-,20-,22?,23?,24?,25-,26-,27?,28?,29-,30?,31?,32?,33-,34-,35+,36+,37-,38-,39?,40?,41?,42-,43-,44-,45-,46+,47-,48+,49-,50-,51+,52+,53+,57-,58+,59+/m1/s1. The van der Waals surface area contributed by atoms with E-state index in [1.807, 2.05) is 0 Å². The van der Waals surface area contributed by atoms with E-state index in [9.17, 15) is 142 Å². The Kier molecular flexibility index (Phi) is 31.1. The maximum absolute atomic E-state index is 13.7. The first-order valence-corrected chi connectivity index (χ1v) is 33.3. The fourth-order valence-corrected chi connectivity index (χ4v) is 13.6. The van der Waals surface area contributed by atoms with Crippen LogP contribution in [0.25, 0.3) is 0 Å². The van der Waals surface area contributed by atoms with Gasteiger partial charge >= 0.3 is 17.9 Å². The Morgan fingerprint density at radius 1 is 0.490 bits per heavy atom. The molecule has 604 valence electrons. The second-order valence-electron chi connectivity index (χ2n) is 26.9. The normalized spacial score (nSPS) is 44.9. The minimum atomic E-state index is -3.39. The molecule has 11 unspecified atom stereocenters. The summed E-state index contributed by atoms with van der Waals surface area (Å²) in [5.74, 6) is -21.2. The van der Waals surface area contributed by atoms with Crippen LogP contribution in [0.5, 0.6) is 0 Å². The van der Waals surface area contributed by atoms with Crippen molar-refractivity contribution in [3.8, 4) is 0 Å². The summed E-state index contributed by atoms with van der Waals surface area (Å²) in [5, 5.41) is 269. The Morgan fingerprint density at radius 3 is 1.33 bits per heavy atom. The number of carbonyl (C=O) groups is 4. The summed E-state index contributed by atoms with van der Waals surface area (Å²) in [7, 11) is 1.28. The Labute approximate surface area is 591 Å². The molecule has 38 atom stereocenters. The molecule has 0 aliphatic carbocycles. The highest BCUT2D eigenvalue weighted by atomic mass is 16.8. The van der Waals surface area contributed by atoms with Gasteiger partial charge in [-0.3, -0.25) is 9.63 Å². The third kappa shape index (κ3) is 18.4. The second kappa shape index (κ2) is 36.9. The van der Waals surface area contributed by atoms with Crippen LogP contribution in [0.1, 0.15) is 47.0 Å². The molecule has 0 aromatic rings. The van der Waals surface area contributed by atoms with Crippen molar-refractivity contribution in [3.63, 3.8) is 0 Å². The monoisotopic (exact) mass is 1520 g/mol. The Bertz CT molecular complexity index is 2740. The average Bonchev–Trinajstić information content (AvgIpc) is 0.760. The first-order valence-electron chi connectivity index (χ1n) is 33.3. The summed E-state index contributed by atoms with van der Waals surface area (Å²) in [4.78, 5) is 59.1. The largest absolute Gasteiger partial charge is 0.477 e. The average molecular weight is 1520 g/mol. The van der Waals surface area contributed by atoms with E-state index in [1.54, 1.807) is 0 Å². The van der Waals surface area contributed by atoms with Crippen LogP contribution in [0.3, 0.4) is 0 Å². The number of carbonyl (C=O) groups excluding carboxylic acids is 1. The molecule has 7 fully saturated rings. The van der Waals surface area contributed by atoms with Crippen LogP contribution in [0, 0.1) is 17.8 Å². The van der Waals surface area contributed by atoms with Crippen LogP contribution in [0.4, 0.5) is 0 Å². The number of aliphatic hydroxyl groups is 21. The molecule has 0 bridgehead atoms. The lowest BCUT2D eigenvalue weighted by molar-refractivity contribution is -0.407. The highest BCUT2D eigenvalue weighted by Gasteiger charge is 2.65. The van der Waals surface area contributed by atoms with Crippen LogP contribution >= 0.6 is 0 Å². The van der Waals surface area contributed by atoms with Crippen molar-refractivity contribution in [3.05, 3.63) is 0 Å². The summed E-state index contributed by atoms with van der Waals surface area (Å²) >= 11 is 0. The van der Waals surface area contributed by atoms with Crippen molar-refractivity contribution in [2.75, 3.05) is 66.4 Å². The number of amides is 1. The molecule has 104 heavy (non-hydrogen) atoms. The molecule has 0 saturated carbocycles. The van der Waals surface area contributed by atoms with Gasteiger partial charge in [0.25, 0.3) is 17.4 Å². The zero-order chi connectivity index (χ0) is 77.7. The predicted molar refractivity (Wildman–Crippen MR) is 325 cm³/mol. The number of aliphatic carboxylic acids is 3. The maximum atomic E-state index is 13.7. The third-order valence-corrected chi connectivity index (χ3v) is 19.8. The zero-order valence-electron chi connectivity index (χ0n) is 56.8. The van der Waals surface area contributed by atoms with Gasteiger partial charge in [0.15, 0.2) is 25.1 Å². The summed E-state index contributed by atoms with van der Waals surface area (Å²) in [6.07, 6.45) is -69.9. The number of aliphatic hydroxyl groups excluding tert-OH is 21. The topological polar surface area (TPSA) is 724 Å². The number of rotatable bonds is 33. The maximum Gasteiger partial charge on any atom is 0.364 e. The number of hydrogen-bond donors (Lipinski definition) is 26. The van der Waals surface area contributed by atoms with Gasteiger partial charge in [0.2, 0.25) is 5.91 Å². The quantitative estimate of drug-likeness (QED) is 0.0271. The van der Waals surface area contributed by atoms with Gasteiger partial charge in [0.1, 0.15) is 134 Å². The van der Waals surface area contributed by atoms with Gasteiger partial charge in [-0.25, -0.2) is 14.4 Å². The van der Waals surface area contributed by atoms with Gasteiger partial charge in [-0.1, -0.05) is 20.8 Å². The van der Waals surface area contributed by atoms with Gasteiger partial charge in [0, 0.05) is 57.5 Å².